The highest BCUT2D eigenvalue weighted by Gasteiger charge is 2.61. The third-order valence-corrected chi connectivity index (χ3v) is 9.96. The van der Waals surface area contributed by atoms with Gasteiger partial charge in [-0.1, -0.05) is 4.99 Å². The van der Waals surface area contributed by atoms with Crippen LogP contribution >= 0.6 is 0 Å². The Morgan fingerprint density at radius 1 is 1.20 bits per heavy atom. The van der Waals surface area contributed by atoms with Gasteiger partial charge in [0.25, 0.3) is 0 Å². The largest absolute Gasteiger partial charge is 0.547 e. The SMILES string of the molecule is C[NH2+]CCOC1CCC(C2CC(O)C3C(CC(OC4OC(C(=O)[O-])C(O)(C[C+]5C=N[CH+][N-]5)C(O)C4O)C(OC)C3O)[OH+]2)CC1. The van der Waals surface area contributed by atoms with E-state index in [1.54, 1.807) is 0 Å². The summed E-state index contributed by atoms with van der Waals surface area (Å²) in [6.45, 7) is 2.83. The number of aliphatic hydroxyl groups excluding tert-OH is 4. The number of quaternary nitrogens is 1. The standard InChI is InChI=1S/C29H45N3O12/c1-30-7-8-41-16-5-3-14(4-6-16)18-9-17(33)21-19(42-18)10-20(24(40-2)22(21)34)43-28-23(35)25(36)29(39,26(44-28)27(37)38)11-15-12-31-13-32-15/h12-14,16-26,28,30,33-36,39H,3-11H2,1-2H3/p+2. The van der Waals surface area contributed by atoms with Crippen LogP contribution in [0.4, 0.5) is 0 Å². The van der Waals surface area contributed by atoms with Crippen molar-refractivity contribution < 1.29 is 64.4 Å². The van der Waals surface area contributed by atoms with Gasteiger partial charge in [-0.3, -0.25) is 5.32 Å². The third kappa shape index (κ3) is 6.89. The van der Waals surface area contributed by atoms with Crippen LogP contribution in [0.15, 0.2) is 4.99 Å². The van der Waals surface area contributed by atoms with E-state index in [4.69, 9.17) is 23.7 Å². The number of methoxy groups -OCH3 is 1. The molecule has 3 heterocycles. The van der Waals surface area contributed by atoms with E-state index < -0.39 is 79.0 Å². The van der Waals surface area contributed by atoms with Gasteiger partial charge in [-0.25, -0.2) is 0 Å². The molecule has 8 N–H and O–H groups in total. The first-order chi connectivity index (χ1) is 21.1. The molecule has 12 atom stereocenters. The molecule has 3 aliphatic heterocycles. The molecule has 15 nitrogen and oxygen atoms in total. The highest BCUT2D eigenvalue weighted by atomic mass is 16.7. The molecule has 5 aliphatic rings. The van der Waals surface area contributed by atoms with E-state index in [1.165, 1.54) is 20.0 Å². The normalized spacial score (nSPS) is 46.0. The first-order valence-corrected chi connectivity index (χ1v) is 15.6. The molecule has 5 rings (SSSR count). The molecule has 2 aliphatic carbocycles. The number of hydrogen-bond acceptors (Lipinski definition) is 12. The smallest absolute Gasteiger partial charge is 0.301 e. The number of aliphatic imine (C=N–C) groups is 1. The number of rotatable bonds is 11. The Balaban J connectivity index is 1.25. The van der Waals surface area contributed by atoms with Crippen LogP contribution < -0.4 is 10.4 Å². The van der Waals surface area contributed by atoms with Crippen molar-refractivity contribution in [3.8, 4) is 0 Å². The van der Waals surface area contributed by atoms with Crippen molar-refractivity contribution in [1.29, 1.82) is 0 Å². The number of nitrogens with zero attached hydrogens (tertiary/aromatic N) is 2. The molecule has 4 fully saturated rings. The first-order valence-electron chi connectivity index (χ1n) is 15.6. The van der Waals surface area contributed by atoms with Crippen LogP contribution in [0.2, 0.25) is 0 Å². The van der Waals surface area contributed by atoms with Crippen molar-refractivity contribution in [2.24, 2.45) is 16.8 Å². The summed E-state index contributed by atoms with van der Waals surface area (Å²) in [5, 5.41) is 73.6. The van der Waals surface area contributed by atoms with E-state index in [-0.39, 0.29) is 30.6 Å². The quantitative estimate of drug-likeness (QED) is 0.0732. The predicted molar refractivity (Wildman–Crippen MR) is 149 cm³/mol. The molecule has 2 saturated carbocycles. The average molecular weight is 630 g/mol. The summed E-state index contributed by atoms with van der Waals surface area (Å²) in [4.78, 5) is 15.8. The lowest BCUT2D eigenvalue weighted by Gasteiger charge is -2.51. The van der Waals surface area contributed by atoms with E-state index in [9.17, 15) is 35.4 Å². The highest BCUT2D eigenvalue weighted by Crippen LogP contribution is 2.43. The van der Waals surface area contributed by atoms with Crippen molar-refractivity contribution >= 4 is 12.2 Å². The zero-order valence-electron chi connectivity index (χ0n) is 25.1. The Morgan fingerprint density at radius 3 is 2.59 bits per heavy atom. The summed E-state index contributed by atoms with van der Waals surface area (Å²) in [5.74, 6) is -2.15. The number of likely N-dealkylation sites (N-methyl/N-ethyl adjacent to an activating group) is 1. The number of carboxylic acid groups (broad SMARTS) is 1. The van der Waals surface area contributed by atoms with Crippen molar-refractivity contribution in [2.75, 3.05) is 27.3 Å². The van der Waals surface area contributed by atoms with Gasteiger partial charge in [-0.05, 0) is 25.7 Å². The van der Waals surface area contributed by atoms with E-state index in [0.717, 1.165) is 32.2 Å². The Bertz CT molecular complexity index is 985. The van der Waals surface area contributed by atoms with Gasteiger partial charge >= 0.3 is 6.21 Å². The monoisotopic (exact) mass is 629 g/mol. The number of carbonyl (C=O) groups is 1. The number of hydrogen-bond donors (Lipinski definition) is 6. The molecular formula is C29H47N3O12+2. The maximum Gasteiger partial charge on any atom is 0.301 e. The zero-order valence-corrected chi connectivity index (χ0v) is 25.1. The van der Waals surface area contributed by atoms with Crippen LogP contribution in [0.25, 0.3) is 5.32 Å². The van der Waals surface area contributed by atoms with Crippen LogP contribution in [0.5, 0.6) is 0 Å². The number of ether oxygens (including phenoxy) is 5. The van der Waals surface area contributed by atoms with Crippen molar-refractivity contribution in [3.05, 3.63) is 18.0 Å². The molecule has 0 aromatic carbocycles. The molecule has 248 valence electrons. The lowest BCUT2D eigenvalue weighted by molar-refractivity contribution is -0.629. The highest BCUT2D eigenvalue weighted by molar-refractivity contribution is 5.82. The maximum absolute atomic E-state index is 12.1. The van der Waals surface area contributed by atoms with Gasteiger partial charge < -0.3 is 64.4 Å². The molecule has 2 saturated heterocycles. The summed E-state index contributed by atoms with van der Waals surface area (Å²) >= 11 is 0. The molecule has 0 aromatic heterocycles. The fraction of sp³-hybridized carbons (Fsp3) is 0.862. The molecule has 0 bridgehead atoms. The topological polar surface area (TPSA) is 234 Å². The third-order valence-electron chi connectivity index (χ3n) is 9.96. The fourth-order valence-corrected chi connectivity index (χ4v) is 7.60. The summed E-state index contributed by atoms with van der Waals surface area (Å²) < 4.78 is 28.1. The Kier molecular flexibility index (Phi) is 11.1. The van der Waals surface area contributed by atoms with Crippen LogP contribution in [0.3, 0.4) is 0 Å². The zero-order chi connectivity index (χ0) is 31.6. The van der Waals surface area contributed by atoms with Gasteiger partial charge in [-0.2, -0.15) is 0 Å². The van der Waals surface area contributed by atoms with Gasteiger partial charge in [0.2, 0.25) is 0 Å². The van der Waals surface area contributed by atoms with Gasteiger partial charge in [0.1, 0.15) is 30.8 Å². The Labute approximate surface area is 256 Å². The van der Waals surface area contributed by atoms with E-state index in [1.807, 2.05) is 7.05 Å². The number of aliphatic carboxylic acids is 1. The minimum atomic E-state index is -2.49. The Hall–Kier alpha value is -1.60. The average Bonchev–Trinajstić information content (AvgIpc) is 3.50. The molecule has 0 radical (unpaired) electrons. The minimum absolute atomic E-state index is 0.113. The fourth-order valence-electron chi connectivity index (χ4n) is 7.60. The second kappa shape index (κ2) is 14.4. The lowest BCUT2D eigenvalue weighted by Crippen LogP contribution is -2.80. The molecule has 0 aromatic rings. The number of carbonyl (C=O) groups excluding carboxylic acids is 1. The maximum atomic E-state index is 12.1. The number of fused-ring (bicyclic) bond motifs is 1. The van der Waals surface area contributed by atoms with Gasteiger partial charge in [0, 0.05) is 25.9 Å². The second-order valence-electron chi connectivity index (χ2n) is 12.7. The van der Waals surface area contributed by atoms with E-state index >= 15 is 0 Å². The van der Waals surface area contributed by atoms with Crippen LogP contribution in [0.1, 0.15) is 44.9 Å². The molecule has 0 amide bonds. The van der Waals surface area contributed by atoms with Crippen LogP contribution in [0, 0.1) is 24.5 Å². The van der Waals surface area contributed by atoms with E-state index in [2.05, 4.69) is 15.6 Å². The summed E-state index contributed by atoms with van der Waals surface area (Å²) in [5.41, 5.74) is -2.49. The van der Waals surface area contributed by atoms with Gasteiger partial charge in [0.15, 0.2) is 30.1 Å². The molecule has 0 spiro atoms. The number of aliphatic hydroxyl groups is 7. The molecule has 12 unspecified atom stereocenters. The van der Waals surface area contributed by atoms with Crippen molar-refractivity contribution in [3.63, 3.8) is 0 Å². The molecular weight excluding hydrogens is 582 g/mol. The first kappa shape index (κ1) is 33.8. The second-order valence-corrected chi connectivity index (χ2v) is 12.7. The molecule has 44 heavy (non-hydrogen) atoms. The number of carboxylic acids is 1. The van der Waals surface area contributed by atoms with E-state index in [0.29, 0.717) is 13.0 Å². The Morgan fingerprint density at radius 2 is 1.95 bits per heavy atom. The van der Waals surface area contributed by atoms with Gasteiger partial charge in [0.05, 0.1) is 63.2 Å². The van der Waals surface area contributed by atoms with Gasteiger partial charge in [-0.15, -0.1) is 0 Å². The van der Waals surface area contributed by atoms with Crippen LogP contribution in [-0.4, -0.2) is 143 Å². The summed E-state index contributed by atoms with van der Waals surface area (Å²) in [6, 6.07) is 0.178. The predicted octanol–water partition coefficient (Wildman–Crippen LogP) is -4.01. The van der Waals surface area contributed by atoms with Crippen molar-refractivity contribution in [1.82, 2.24) is 0 Å². The number of nitrogens with two attached hydrogens (primary N) is 1. The van der Waals surface area contributed by atoms with Crippen LogP contribution in [-0.2, 0) is 23.7 Å². The van der Waals surface area contributed by atoms with Crippen molar-refractivity contribution in [2.45, 2.75) is 118 Å². The summed E-state index contributed by atoms with van der Waals surface area (Å²) in [7, 11) is 3.38. The lowest BCUT2D eigenvalue weighted by atomic mass is 9.71. The summed E-state index contributed by atoms with van der Waals surface area (Å²) in [6.07, 6.45) is -6.89. The molecule has 15 heteroatoms. The minimum Gasteiger partial charge on any atom is -0.547 e.